The maximum Gasteiger partial charge on any atom is 0.328 e. The molecule has 0 bridgehead atoms. The summed E-state index contributed by atoms with van der Waals surface area (Å²) in [5, 5.41) is 11.2. The van der Waals surface area contributed by atoms with Crippen LogP contribution in [-0.2, 0) is 14.3 Å². The Morgan fingerprint density at radius 3 is 2.90 bits per heavy atom. The zero-order valence-electron chi connectivity index (χ0n) is 11.3. The number of carboxylic acids is 1. The Balaban J connectivity index is 1.85. The van der Waals surface area contributed by atoms with Crippen LogP contribution in [0.4, 0.5) is 0 Å². The van der Waals surface area contributed by atoms with Gasteiger partial charge in [-0.3, -0.25) is 9.78 Å². The fraction of sp³-hybridized carbons (Fsp3) is 0.357. The quantitative estimate of drug-likeness (QED) is 0.759. The summed E-state index contributed by atoms with van der Waals surface area (Å²) in [4.78, 5) is 26.3. The first-order chi connectivity index (χ1) is 10.1. The van der Waals surface area contributed by atoms with Crippen LogP contribution in [-0.4, -0.2) is 54.4 Å². The van der Waals surface area contributed by atoms with Crippen molar-refractivity contribution in [3.63, 3.8) is 0 Å². The van der Waals surface area contributed by atoms with E-state index < -0.39 is 5.97 Å². The Morgan fingerprint density at radius 1 is 1.43 bits per heavy atom. The zero-order chi connectivity index (χ0) is 15.1. The third-order valence-electron chi connectivity index (χ3n) is 2.81. The second-order valence-corrected chi connectivity index (χ2v) is 4.43. The summed E-state index contributed by atoms with van der Waals surface area (Å²) in [6.07, 6.45) is 3.72. The SMILES string of the molecule is O=C(O)C=Cc1ccc(C(=O)NCC2COCCO2)nc1. The molecule has 1 fully saturated rings. The molecule has 0 radical (unpaired) electrons. The Bertz CT molecular complexity index is 521. The van der Waals surface area contributed by atoms with Crippen LogP contribution < -0.4 is 5.32 Å². The molecular formula is C14H16N2O5. The topological polar surface area (TPSA) is 97.8 Å². The van der Waals surface area contributed by atoms with Gasteiger partial charge in [-0.25, -0.2) is 4.79 Å². The van der Waals surface area contributed by atoms with Crippen molar-refractivity contribution in [2.24, 2.45) is 0 Å². The molecule has 1 aromatic heterocycles. The molecule has 7 nitrogen and oxygen atoms in total. The van der Waals surface area contributed by atoms with E-state index in [2.05, 4.69) is 10.3 Å². The molecule has 0 spiro atoms. The number of nitrogens with zero attached hydrogens (tertiary/aromatic N) is 1. The lowest BCUT2D eigenvalue weighted by molar-refractivity contribution is -0.131. The molecule has 21 heavy (non-hydrogen) atoms. The number of pyridine rings is 1. The summed E-state index contributed by atoms with van der Waals surface area (Å²) in [5.41, 5.74) is 0.872. The van der Waals surface area contributed by atoms with Gasteiger partial charge in [0.15, 0.2) is 0 Å². The number of aromatic nitrogens is 1. The maximum absolute atomic E-state index is 11.9. The van der Waals surface area contributed by atoms with Gasteiger partial charge in [-0.2, -0.15) is 0 Å². The van der Waals surface area contributed by atoms with Crippen molar-refractivity contribution in [2.45, 2.75) is 6.10 Å². The van der Waals surface area contributed by atoms with E-state index in [-0.39, 0.29) is 17.7 Å². The summed E-state index contributed by atoms with van der Waals surface area (Å²) >= 11 is 0. The molecule has 0 saturated carbocycles. The molecule has 1 saturated heterocycles. The number of carboxylic acid groups (broad SMARTS) is 1. The molecule has 2 rings (SSSR count). The lowest BCUT2D eigenvalue weighted by Crippen LogP contribution is -2.39. The molecule has 1 atom stereocenters. The number of carbonyl (C=O) groups excluding carboxylic acids is 1. The van der Waals surface area contributed by atoms with Crippen LogP contribution in [0.25, 0.3) is 6.08 Å². The third-order valence-corrected chi connectivity index (χ3v) is 2.81. The van der Waals surface area contributed by atoms with Crippen molar-refractivity contribution in [1.82, 2.24) is 10.3 Å². The highest BCUT2D eigenvalue weighted by Crippen LogP contribution is 2.04. The minimum absolute atomic E-state index is 0.138. The van der Waals surface area contributed by atoms with Crippen molar-refractivity contribution < 1.29 is 24.2 Å². The van der Waals surface area contributed by atoms with E-state index in [9.17, 15) is 9.59 Å². The predicted molar refractivity (Wildman–Crippen MR) is 73.8 cm³/mol. The van der Waals surface area contributed by atoms with Gasteiger partial charge in [-0.1, -0.05) is 6.07 Å². The number of rotatable bonds is 5. The molecular weight excluding hydrogens is 276 g/mol. The highest BCUT2D eigenvalue weighted by molar-refractivity contribution is 5.92. The van der Waals surface area contributed by atoms with Gasteiger partial charge in [0.2, 0.25) is 0 Å². The molecule has 112 valence electrons. The largest absolute Gasteiger partial charge is 0.478 e. The van der Waals surface area contributed by atoms with Gasteiger partial charge < -0.3 is 19.9 Å². The first kappa shape index (κ1) is 15.1. The first-order valence-corrected chi connectivity index (χ1v) is 6.50. The molecule has 1 amide bonds. The van der Waals surface area contributed by atoms with Crippen LogP contribution in [0, 0.1) is 0 Å². The van der Waals surface area contributed by atoms with Crippen LogP contribution in [0.15, 0.2) is 24.4 Å². The van der Waals surface area contributed by atoms with Crippen LogP contribution >= 0.6 is 0 Å². The maximum atomic E-state index is 11.9. The molecule has 0 aromatic carbocycles. The second-order valence-electron chi connectivity index (χ2n) is 4.43. The number of nitrogens with one attached hydrogen (secondary N) is 1. The number of hydrogen-bond donors (Lipinski definition) is 2. The van der Waals surface area contributed by atoms with Crippen molar-refractivity contribution in [2.75, 3.05) is 26.4 Å². The molecule has 0 aliphatic carbocycles. The lowest BCUT2D eigenvalue weighted by atomic mass is 10.2. The Labute approximate surface area is 121 Å². The Morgan fingerprint density at radius 2 is 2.29 bits per heavy atom. The van der Waals surface area contributed by atoms with E-state index in [0.29, 0.717) is 31.9 Å². The van der Waals surface area contributed by atoms with E-state index >= 15 is 0 Å². The van der Waals surface area contributed by atoms with Gasteiger partial charge in [-0.05, 0) is 17.7 Å². The van der Waals surface area contributed by atoms with Crippen molar-refractivity contribution >= 4 is 18.0 Å². The molecule has 1 aliphatic rings. The third kappa shape index (κ3) is 4.97. The van der Waals surface area contributed by atoms with Crippen molar-refractivity contribution in [1.29, 1.82) is 0 Å². The van der Waals surface area contributed by atoms with E-state index in [1.165, 1.54) is 18.3 Å². The lowest BCUT2D eigenvalue weighted by Gasteiger charge is -2.22. The van der Waals surface area contributed by atoms with E-state index in [1.807, 2.05) is 0 Å². The van der Waals surface area contributed by atoms with Crippen LogP contribution in [0.5, 0.6) is 0 Å². The zero-order valence-corrected chi connectivity index (χ0v) is 11.3. The average Bonchev–Trinajstić information content (AvgIpc) is 2.52. The fourth-order valence-corrected chi connectivity index (χ4v) is 1.76. The van der Waals surface area contributed by atoms with Gasteiger partial charge in [0, 0.05) is 18.8 Å². The predicted octanol–water partition coefficient (Wildman–Crippen LogP) is 0.325. The average molecular weight is 292 g/mol. The van der Waals surface area contributed by atoms with Gasteiger partial charge in [0.1, 0.15) is 5.69 Å². The molecule has 2 N–H and O–H groups in total. The number of hydrogen-bond acceptors (Lipinski definition) is 5. The fourth-order valence-electron chi connectivity index (χ4n) is 1.76. The van der Waals surface area contributed by atoms with Crippen molar-refractivity contribution in [3.8, 4) is 0 Å². The van der Waals surface area contributed by atoms with Gasteiger partial charge in [0.05, 0.1) is 25.9 Å². The summed E-state index contributed by atoms with van der Waals surface area (Å²) in [6.45, 7) is 1.94. The molecule has 7 heteroatoms. The monoisotopic (exact) mass is 292 g/mol. The number of ether oxygens (including phenoxy) is 2. The van der Waals surface area contributed by atoms with Gasteiger partial charge in [0.25, 0.3) is 5.91 Å². The number of carbonyl (C=O) groups is 2. The van der Waals surface area contributed by atoms with E-state index in [0.717, 1.165) is 6.08 Å². The minimum Gasteiger partial charge on any atom is -0.478 e. The summed E-state index contributed by atoms with van der Waals surface area (Å²) in [6, 6.07) is 3.16. The number of amides is 1. The van der Waals surface area contributed by atoms with E-state index in [1.54, 1.807) is 6.07 Å². The van der Waals surface area contributed by atoms with Crippen LogP contribution in [0.3, 0.4) is 0 Å². The first-order valence-electron chi connectivity index (χ1n) is 6.50. The van der Waals surface area contributed by atoms with Gasteiger partial charge in [-0.15, -0.1) is 0 Å². The highest BCUT2D eigenvalue weighted by atomic mass is 16.6. The minimum atomic E-state index is -1.04. The second kappa shape index (κ2) is 7.51. The van der Waals surface area contributed by atoms with Crippen LogP contribution in [0.1, 0.15) is 16.1 Å². The number of aliphatic carboxylic acids is 1. The standard InChI is InChI=1S/C14H16N2O5/c17-13(18)4-2-10-1-3-12(15-7-10)14(19)16-8-11-9-20-5-6-21-11/h1-4,7,11H,5-6,8-9H2,(H,16,19)(H,17,18). The summed E-state index contributed by atoms with van der Waals surface area (Å²) in [5.74, 6) is -1.34. The Hall–Kier alpha value is -2.25. The van der Waals surface area contributed by atoms with E-state index in [4.69, 9.17) is 14.6 Å². The Kier molecular flexibility index (Phi) is 5.42. The molecule has 1 unspecified atom stereocenters. The highest BCUT2D eigenvalue weighted by Gasteiger charge is 2.16. The summed E-state index contributed by atoms with van der Waals surface area (Å²) < 4.78 is 10.6. The molecule has 2 heterocycles. The van der Waals surface area contributed by atoms with Crippen molar-refractivity contribution in [3.05, 3.63) is 35.7 Å². The summed E-state index contributed by atoms with van der Waals surface area (Å²) in [7, 11) is 0. The van der Waals surface area contributed by atoms with Crippen LogP contribution in [0.2, 0.25) is 0 Å². The molecule has 1 aromatic rings. The van der Waals surface area contributed by atoms with Gasteiger partial charge >= 0.3 is 5.97 Å². The smallest absolute Gasteiger partial charge is 0.328 e. The normalized spacial score (nSPS) is 18.6. The molecule has 1 aliphatic heterocycles.